The summed E-state index contributed by atoms with van der Waals surface area (Å²) in [5.74, 6) is 1.22. The normalized spacial score (nSPS) is 15.2. The summed E-state index contributed by atoms with van der Waals surface area (Å²) < 4.78 is 7.66. The number of benzene rings is 1. The number of carbonyl (C=O) groups is 1. The smallest absolute Gasteiger partial charge is 0.277 e. The van der Waals surface area contributed by atoms with Gasteiger partial charge in [-0.15, -0.1) is 11.3 Å². The molecular weight excluding hydrogens is 462 g/mol. The molecule has 1 aromatic carbocycles. The number of aromatic nitrogens is 3. The standard InChI is InChI=1S/C26H27N5O3S/c1-17(19-5-4-11-27-16-19)28-24(32)18-8-12-30(13-9-18)26-29-22-10-14-35-23(22)25(33)31(26)20-6-3-7-21(15-20)34-2/h3-7,10-11,14-18H,8-9,12-13H2,1-2H3,(H,28,32)/t17-/m1/s1. The molecule has 5 rings (SSSR count). The summed E-state index contributed by atoms with van der Waals surface area (Å²) in [6.45, 7) is 3.23. The average Bonchev–Trinajstić information content (AvgIpc) is 3.38. The minimum atomic E-state index is -0.102. The number of carbonyl (C=O) groups excluding carboxylic acids is 1. The van der Waals surface area contributed by atoms with Gasteiger partial charge in [-0.3, -0.25) is 14.6 Å². The van der Waals surface area contributed by atoms with Crippen molar-refractivity contribution in [2.45, 2.75) is 25.8 Å². The second-order valence-corrected chi connectivity index (χ2v) is 9.58. The van der Waals surface area contributed by atoms with Crippen LogP contribution in [0.5, 0.6) is 5.75 Å². The number of anilines is 1. The lowest BCUT2D eigenvalue weighted by Crippen LogP contribution is -2.43. The molecule has 35 heavy (non-hydrogen) atoms. The third-order valence-corrected chi connectivity index (χ3v) is 7.36. The van der Waals surface area contributed by atoms with E-state index in [0.29, 0.717) is 53.5 Å². The van der Waals surface area contributed by atoms with Gasteiger partial charge in [0.25, 0.3) is 5.56 Å². The molecule has 180 valence electrons. The zero-order valence-electron chi connectivity index (χ0n) is 19.7. The highest BCUT2D eigenvalue weighted by molar-refractivity contribution is 7.17. The van der Waals surface area contributed by atoms with E-state index in [1.165, 1.54) is 11.3 Å². The summed E-state index contributed by atoms with van der Waals surface area (Å²) in [5, 5.41) is 5.01. The number of rotatable bonds is 6. The predicted octanol–water partition coefficient (Wildman–Crippen LogP) is 3.94. The largest absolute Gasteiger partial charge is 0.497 e. The SMILES string of the molecule is COc1cccc(-n2c(N3CCC(C(=O)N[C@H](C)c4cccnc4)CC3)nc3ccsc3c2=O)c1. The van der Waals surface area contributed by atoms with Crippen LogP contribution in [0, 0.1) is 5.92 Å². The predicted molar refractivity (Wildman–Crippen MR) is 138 cm³/mol. The number of thiophene rings is 1. The summed E-state index contributed by atoms with van der Waals surface area (Å²) in [7, 11) is 1.61. The van der Waals surface area contributed by atoms with Crippen molar-refractivity contribution in [1.82, 2.24) is 19.9 Å². The number of nitrogens with one attached hydrogen (secondary N) is 1. The maximum atomic E-state index is 13.5. The molecule has 3 aromatic heterocycles. The van der Waals surface area contributed by atoms with Gasteiger partial charge in [-0.1, -0.05) is 12.1 Å². The highest BCUT2D eigenvalue weighted by Crippen LogP contribution is 2.28. The maximum absolute atomic E-state index is 13.5. The molecule has 0 aliphatic carbocycles. The van der Waals surface area contributed by atoms with Gasteiger partial charge < -0.3 is 15.0 Å². The second-order valence-electron chi connectivity index (χ2n) is 8.67. The van der Waals surface area contributed by atoms with Gasteiger partial charge in [0, 0.05) is 37.5 Å². The Morgan fingerprint density at radius 2 is 2.03 bits per heavy atom. The monoisotopic (exact) mass is 489 g/mol. The van der Waals surface area contributed by atoms with Gasteiger partial charge in [0.2, 0.25) is 11.9 Å². The van der Waals surface area contributed by atoms with Crippen LogP contribution < -0.4 is 20.5 Å². The van der Waals surface area contributed by atoms with Gasteiger partial charge in [-0.05, 0) is 55.0 Å². The number of hydrogen-bond acceptors (Lipinski definition) is 7. The first-order chi connectivity index (χ1) is 17.0. The van der Waals surface area contributed by atoms with Crippen molar-refractivity contribution in [1.29, 1.82) is 0 Å². The summed E-state index contributed by atoms with van der Waals surface area (Å²) in [6.07, 6.45) is 4.86. The number of nitrogens with zero attached hydrogens (tertiary/aromatic N) is 4. The van der Waals surface area contributed by atoms with Crippen LogP contribution in [0.4, 0.5) is 5.95 Å². The van der Waals surface area contributed by atoms with Gasteiger partial charge in [-0.25, -0.2) is 9.55 Å². The molecule has 1 aliphatic heterocycles. The molecule has 9 heteroatoms. The fourth-order valence-corrected chi connectivity index (χ4v) is 5.24. The van der Waals surface area contributed by atoms with Crippen molar-refractivity contribution in [2.75, 3.05) is 25.1 Å². The third kappa shape index (κ3) is 4.64. The number of ether oxygens (including phenoxy) is 1. The first kappa shape index (κ1) is 23.0. The Kier molecular flexibility index (Phi) is 6.50. The van der Waals surface area contributed by atoms with E-state index in [0.717, 1.165) is 5.56 Å². The Labute approximate surface area is 207 Å². The fourth-order valence-electron chi connectivity index (χ4n) is 4.48. The van der Waals surface area contributed by atoms with E-state index in [-0.39, 0.29) is 23.4 Å². The van der Waals surface area contributed by atoms with Gasteiger partial charge in [0.15, 0.2) is 0 Å². The van der Waals surface area contributed by atoms with Gasteiger partial charge >= 0.3 is 0 Å². The topological polar surface area (TPSA) is 89.3 Å². The molecule has 4 heterocycles. The van der Waals surface area contributed by atoms with Crippen molar-refractivity contribution in [3.63, 3.8) is 0 Å². The Morgan fingerprint density at radius 1 is 1.20 bits per heavy atom. The summed E-state index contributed by atoms with van der Waals surface area (Å²) in [5.41, 5.74) is 2.28. The molecule has 4 aromatic rings. The highest BCUT2D eigenvalue weighted by Gasteiger charge is 2.29. The highest BCUT2D eigenvalue weighted by atomic mass is 32.1. The Bertz CT molecular complexity index is 1390. The zero-order chi connectivity index (χ0) is 24.4. The van der Waals surface area contributed by atoms with E-state index < -0.39 is 0 Å². The molecule has 1 saturated heterocycles. The molecule has 1 atom stereocenters. The fraction of sp³-hybridized carbons (Fsp3) is 0.308. The average molecular weight is 490 g/mol. The quantitative estimate of drug-likeness (QED) is 0.441. The summed E-state index contributed by atoms with van der Waals surface area (Å²) >= 11 is 1.39. The number of pyridine rings is 1. The Morgan fingerprint density at radius 3 is 2.77 bits per heavy atom. The van der Waals surface area contributed by atoms with Crippen LogP contribution in [0.1, 0.15) is 31.4 Å². The van der Waals surface area contributed by atoms with Crippen molar-refractivity contribution >= 4 is 33.4 Å². The van der Waals surface area contributed by atoms with E-state index in [2.05, 4.69) is 15.2 Å². The van der Waals surface area contributed by atoms with Crippen LogP contribution in [0.2, 0.25) is 0 Å². The molecule has 1 amide bonds. The molecule has 0 bridgehead atoms. The van der Waals surface area contributed by atoms with E-state index in [9.17, 15) is 9.59 Å². The van der Waals surface area contributed by atoms with Gasteiger partial charge in [0.1, 0.15) is 10.4 Å². The Hall–Kier alpha value is -3.72. The van der Waals surface area contributed by atoms with E-state index in [1.54, 1.807) is 24.1 Å². The molecule has 1 N–H and O–H groups in total. The molecular formula is C26H27N5O3S. The lowest BCUT2D eigenvalue weighted by Gasteiger charge is -2.33. The number of methoxy groups -OCH3 is 1. The number of amides is 1. The van der Waals surface area contributed by atoms with Crippen molar-refractivity contribution < 1.29 is 9.53 Å². The third-order valence-electron chi connectivity index (χ3n) is 6.47. The van der Waals surface area contributed by atoms with Crippen LogP contribution in [0.15, 0.2) is 65.0 Å². The number of piperidine rings is 1. The lowest BCUT2D eigenvalue weighted by molar-refractivity contribution is -0.126. The summed E-state index contributed by atoms with van der Waals surface area (Å²) in [4.78, 5) is 37.5. The number of fused-ring (bicyclic) bond motifs is 1. The molecule has 0 spiro atoms. The van der Waals surface area contributed by atoms with Crippen molar-refractivity contribution in [2.24, 2.45) is 5.92 Å². The first-order valence-electron chi connectivity index (χ1n) is 11.6. The molecule has 0 radical (unpaired) electrons. The number of hydrogen-bond donors (Lipinski definition) is 1. The molecule has 0 unspecified atom stereocenters. The first-order valence-corrected chi connectivity index (χ1v) is 12.5. The summed E-state index contributed by atoms with van der Waals surface area (Å²) in [6, 6.07) is 13.0. The minimum Gasteiger partial charge on any atom is -0.497 e. The molecule has 0 saturated carbocycles. The van der Waals surface area contributed by atoms with E-state index in [1.807, 2.05) is 54.8 Å². The van der Waals surface area contributed by atoms with Crippen molar-refractivity contribution in [3.8, 4) is 11.4 Å². The van der Waals surface area contributed by atoms with Crippen LogP contribution in [-0.4, -0.2) is 40.6 Å². The van der Waals surface area contributed by atoms with Gasteiger partial charge in [-0.2, -0.15) is 0 Å². The Balaban J connectivity index is 1.38. The second kappa shape index (κ2) is 9.87. The molecule has 8 nitrogen and oxygen atoms in total. The minimum absolute atomic E-state index is 0.0486. The zero-order valence-corrected chi connectivity index (χ0v) is 20.5. The van der Waals surface area contributed by atoms with Crippen LogP contribution in [0.25, 0.3) is 15.9 Å². The molecule has 1 aliphatic rings. The van der Waals surface area contributed by atoms with Gasteiger partial charge in [0.05, 0.1) is 24.4 Å². The molecule has 1 fully saturated rings. The van der Waals surface area contributed by atoms with Crippen LogP contribution in [0.3, 0.4) is 0 Å². The van der Waals surface area contributed by atoms with Crippen LogP contribution >= 0.6 is 11.3 Å². The van der Waals surface area contributed by atoms with E-state index >= 15 is 0 Å². The van der Waals surface area contributed by atoms with Crippen LogP contribution in [-0.2, 0) is 4.79 Å². The van der Waals surface area contributed by atoms with E-state index in [4.69, 9.17) is 9.72 Å². The lowest BCUT2D eigenvalue weighted by atomic mass is 9.95. The maximum Gasteiger partial charge on any atom is 0.277 e. The van der Waals surface area contributed by atoms with Crippen molar-refractivity contribution in [3.05, 3.63) is 76.2 Å².